The number of carbonyl (C=O) groups is 2. The molecule has 0 bridgehead atoms. The Morgan fingerprint density at radius 1 is 1.16 bits per heavy atom. The van der Waals surface area contributed by atoms with E-state index in [0.717, 1.165) is 5.56 Å². The molecule has 2 aromatic rings. The van der Waals surface area contributed by atoms with Crippen molar-refractivity contribution in [3.8, 4) is 0 Å². The van der Waals surface area contributed by atoms with Crippen LogP contribution in [0.2, 0.25) is 0 Å². The molecule has 0 aliphatic rings. The molecule has 2 aromatic heterocycles. The standard InChI is InChI=1S/C13H11N3O3/c17-12(10-3-5-14-6-4-10)16-8-9-1-2-11(13(18)19)15-7-9/h1-7H,8H2,(H,16,17)(H,18,19). The maximum absolute atomic E-state index is 11.7. The SMILES string of the molecule is O=C(NCc1ccc(C(=O)O)nc1)c1ccncc1. The smallest absolute Gasteiger partial charge is 0.354 e. The number of nitrogens with zero attached hydrogens (tertiary/aromatic N) is 2. The van der Waals surface area contributed by atoms with Gasteiger partial charge in [-0.25, -0.2) is 9.78 Å². The van der Waals surface area contributed by atoms with Gasteiger partial charge in [0.15, 0.2) is 0 Å². The third kappa shape index (κ3) is 3.35. The average Bonchev–Trinajstić information content (AvgIpc) is 2.46. The molecule has 0 atom stereocenters. The summed E-state index contributed by atoms with van der Waals surface area (Å²) >= 11 is 0. The number of hydrogen-bond donors (Lipinski definition) is 2. The van der Waals surface area contributed by atoms with E-state index < -0.39 is 5.97 Å². The van der Waals surface area contributed by atoms with Gasteiger partial charge in [0.1, 0.15) is 5.69 Å². The second-order valence-corrected chi connectivity index (χ2v) is 3.78. The van der Waals surface area contributed by atoms with Gasteiger partial charge < -0.3 is 10.4 Å². The van der Waals surface area contributed by atoms with E-state index in [1.54, 1.807) is 18.2 Å². The molecule has 19 heavy (non-hydrogen) atoms. The lowest BCUT2D eigenvalue weighted by atomic mass is 10.2. The number of nitrogens with one attached hydrogen (secondary N) is 1. The van der Waals surface area contributed by atoms with E-state index in [-0.39, 0.29) is 18.1 Å². The monoisotopic (exact) mass is 257 g/mol. The summed E-state index contributed by atoms with van der Waals surface area (Å²) in [6, 6.07) is 6.24. The van der Waals surface area contributed by atoms with Crippen LogP contribution in [0.1, 0.15) is 26.4 Å². The molecule has 2 heterocycles. The number of aromatic carboxylic acids is 1. The lowest BCUT2D eigenvalue weighted by Gasteiger charge is -2.05. The van der Waals surface area contributed by atoms with Gasteiger partial charge in [-0.2, -0.15) is 0 Å². The van der Waals surface area contributed by atoms with Gasteiger partial charge in [-0.15, -0.1) is 0 Å². The molecular weight excluding hydrogens is 246 g/mol. The Labute approximate surface area is 109 Å². The number of hydrogen-bond acceptors (Lipinski definition) is 4. The van der Waals surface area contributed by atoms with Crippen LogP contribution in [0.15, 0.2) is 42.9 Å². The van der Waals surface area contributed by atoms with Crippen molar-refractivity contribution in [1.82, 2.24) is 15.3 Å². The van der Waals surface area contributed by atoms with Gasteiger partial charge in [-0.1, -0.05) is 6.07 Å². The molecule has 6 heteroatoms. The van der Waals surface area contributed by atoms with Gasteiger partial charge in [0.25, 0.3) is 5.91 Å². The first-order valence-electron chi connectivity index (χ1n) is 5.53. The molecule has 0 aliphatic carbocycles. The van der Waals surface area contributed by atoms with E-state index in [1.807, 2.05) is 0 Å². The Hall–Kier alpha value is -2.76. The zero-order valence-corrected chi connectivity index (χ0v) is 9.91. The van der Waals surface area contributed by atoms with Gasteiger partial charge >= 0.3 is 5.97 Å². The van der Waals surface area contributed by atoms with Crippen LogP contribution in [0.25, 0.3) is 0 Å². The molecule has 0 radical (unpaired) electrons. The molecular formula is C13H11N3O3. The fourth-order valence-electron chi connectivity index (χ4n) is 1.44. The van der Waals surface area contributed by atoms with E-state index in [1.165, 1.54) is 24.7 Å². The quantitative estimate of drug-likeness (QED) is 0.855. The highest BCUT2D eigenvalue weighted by Crippen LogP contribution is 2.01. The number of carboxylic acids is 1. The lowest BCUT2D eigenvalue weighted by Crippen LogP contribution is -2.22. The minimum absolute atomic E-state index is 0.0239. The number of carboxylic acid groups (broad SMARTS) is 1. The largest absolute Gasteiger partial charge is 0.477 e. The van der Waals surface area contributed by atoms with Crippen molar-refractivity contribution >= 4 is 11.9 Å². The minimum atomic E-state index is -1.08. The molecule has 0 saturated carbocycles. The van der Waals surface area contributed by atoms with Crippen LogP contribution in [0.5, 0.6) is 0 Å². The van der Waals surface area contributed by atoms with E-state index in [0.29, 0.717) is 5.56 Å². The van der Waals surface area contributed by atoms with E-state index >= 15 is 0 Å². The zero-order chi connectivity index (χ0) is 13.7. The van der Waals surface area contributed by atoms with Crippen LogP contribution in [0, 0.1) is 0 Å². The highest BCUT2D eigenvalue weighted by Gasteiger charge is 2.06. The predicted octanol–water partition coefficient (Wildman–Crippen LogP) is 1.10. The van der Waals surface area contributed by atoms with Crippen LogP contribution in [-0.2, 0) is 6.54 Å². The van der Waals surface area contributed by atoms with Crippen molar-refractivity contribution in [1.29, 1.82) is 0 Å². The highest BCUT2D eigenvalue weighted by molar-refractivity contribution is 5.93. The van der Waals surface area contributed by atoms with Crippen molar-refractivity contribution in [2.24, 2.45) is 0 Å². The minimum Gasteiger partial charge on any atom is -0.477 e. The van der Waals surface area contributed by atoms with Gasteiger partial charge in [0.2, 0.25) is 0 Å². The second kappa shape index (κ2) is 5.72. The fraction of sp³-hybridized carbons (Fsp3) is 0.0769. The number of pyridine rings is 2. The van der Waals surface area contributed by atoms with Gasteiger partial charge in [-0.3, -0.25) is 9.78 Å². The molecule has 6 nitrogen and oxygen atoms in total. The number of amides is 1. The second-order valence-electron chi connectivity index (χ2n) is 3.78. The van der Waals surface area contributed by atoms with Gasteiger partial charge in [-0.05, 0) is 23.8 Å². The molecule has 0 aliphatic heterocycles. The molecule has 1 amide bonds. The maximum atomic E-state index is 11.7. The van der Waals surface area contributed by atoms with Crippen LogP contribution < -0.4 is 5.32 Å². The number of rotatable bonds is 4. The summed E-state index contributed by atoms with van der Waals surface area (Å²) in [5, 5.41) is 11.4. The predicted molar refractivity (Wildman–Crippen MR) is 66.6 cm³/mol. The van der Waals surface area contributed by atoms with E-state index in [9.17, 15) is 9.59 Å². The summed E-state index contributed by atoms with van der Waals surface area (Å²) in [6.45, 7) is 0.286. The molecule has 2 N–H and O–H groups in total. The van der Waals surface area contributed by atoms with Crippen molar-refractivity contribution in [2.75, 3.05) is 0 Å². The van der Waals surface area contributed by atoms with Crippen LogP contribution in [0.3, 0.4) is 0 Å². The first-order chi connectivity index (χ1) is 9.16. The average molecular weight is 257 g/mol. The summed E-state index contributed by atoms with van der Waals surface area (Å²) in [5.41, 5.74) is 1.22. The Kier molecular flexibility index (Phi) is 3.82. The first kappa shape index (κ1) is 12.7. The maximum Gasteiger partial charge on any atom is 0.354 e. The fourth-order valence-corrected chi connectivity index (χ4v) is 1.44. The third-order valence-electron chi connectivity index (χ3n) is 2.44. The molecule has 0 unspecified atom stereocenters. The van der Waals surface area contributed by atoms with Crippen molar-refractivity contribution in [3.63, 3.8) is 0 Å². The topological polar surface area (TPSA) is 92.2 Å². The number of aromatic nitrogens is 2. The molecule has 0 spiro atoms. The Bertz CT molecular complexity index is 582. The van der Waals surface area contributed by atoms with Crippen LogP contribution >= 0.6 is 0 Å². The van der Waals surface area contributed by atoms with Gasteiger partial charge in [0, 0.05) is 30.7 Å². The Balaban J connectivity index is 1.95. The summed E-state index contributed by atoms with van der Waals surface area (Å²) in [4.78, 5) is 30.0. The van der Waals surface area contributed by atoms with Crippen molar-refractivity contribution < 1.29 is 14.7 Å². The molecule has 0 fully saturated rings. The normalized spacial score (nSPS) is 9.89. The van der Waals surface area contributed by atoms with Crippen molar-refractivity contribution in [2.45, 2.75) is 6.54 Å². The molecule has 96 valence electrons. The Morgan fingerprint density at radius 3 is 2.47 bits per heavy atom. The summed E-state index contributed by atoms with van der Waals surface area (Å²) in [5.74, 6) is -1.29. The van der Waals surface area contributed by atoms with Crippen LogP contribution in [0.4, 0.5) is 0 Å². The summed E-state index contributed by atoms with van der Waals surface area (Å²) < 4.78 is 0. The summed E-state index contributed by atoms with van der Waals surface area (Å²) in [7, 11) is 0. The lowest BCUT2D eigenvalue weighted by molar-refractivity contribution is 0.0690. The zero-order valence-electron chi connectivity index (χ0n) is 9.91. The Morgan fingerprint density at radius 2 is 1.89 bits per heavy atom. The van der Waals surface area contributed by atoms with Crippen LogP contribution in [-0.4, -0.2) is 27.0 Å². The molecule has 0 aromatic carbocycles. The molecule has 0 saturated heterocycles. The molecule has 2 rings (SSSR count). The van der Waals surface area contributed by atoms with Crippen molar-refractivity contribution in [3.05, 3.63) is 59.7 Å². The number of carbonyl (C=O) groups excluding carboxylic acids is 1. The van der Waals surface area contributed by atoms with Gasteiger partial charge in [0.05, 0.1) is 0 Å². The highest BCUT2D eigenvalue weighted by atomic mass is 16.4. The van der Waals surface area contributed by atoms with E-state index in [4.69, 9.17) is 5.11 Å². The first-order valence-corrected chi connectivity index (χ1v) is 5.53. The summed E-state index contributed by atoms with van der Waals surface area (Å²) in [6.07, 6.45) is 4.51. The third-order valence-corrected chi connectivity index (χ3v) is 2.44. The van der Waals surface area contributed by atoms with E-state index in [2.05, 4.69) is 15.3 Å².